The highest BCUT2D eigenvalue weighted by Crippen LogP contribution is 2.37. The van der Waals surface area contributed by atoms with Gasteiger partial charge in [0.2, 0.25) is 0 Å². The second-order valence-corrected chi connectivity index (χ2v) is 6.54. The normalized spacial score (nSPS) is 17.7. The number of ether oxygens (including phenoxy) is 1. The minimum Gasteiger partial charge on any atom is -0.496 e. The Bertz CT molecular complexity index is 835. The lowest BCUT2D eigenvalue weighted by atomic mass is 9.99. The molecule has 4 nitrogen and oxygen atoms in total. The molecule has 144 valence electrons. The molecular formula is C20H20F3NO3. The topological polar surface area (TPSA) is 49.8 Å². The number of carbonyl (C=O) groups excluding carboxylic acids is 1. The summed E-state index contributed by atoms with van der Waals surface area (Å²) in [6.07, 6.45) is -3.65. The van der Waals surface area contributed by atoms with Gasteiger partial charge in [-0.25, -0.2) is 0 Å². The van der Waals surface area contributed by atoms with Crippen LogP contribution in [0, 0.1) is 0 Å². The van der Waals surface area contributed by atoms with Crippen molar-refractivity contribution < 1.29 is 27.8 Å². The predicted molar refractivity (Wildman–Crippen MR) is 94.6 cm³/mol. The molecule has 0 saturated carbocycles. The fourth-order valence-electron chi connectivity index (χ4n) is 3.25. The highest BCUT2D eigenvalue weighted by Gasteiger charge is 2.31. The number of carbonyl (C=O) groups is 1. The number of hydrogen-bond acceptors (Lipinski definition) is 3. The maximum absolute atomic E-state index is 13.1. The molecule has 0 aromatic heterocycles. The molecule has 1 aliphatic heterocycles. The molecule has 0 unspecified atom stereocenters. The van der Waals surface area contributed by atoms with Crippen molar-refractivity contribution in [2.24, 2.45) is 0 Å². The van der Waals surface area contributed by atoms with E-state index in [1.807, 2.05) is 0 Å². The van der Waals surface area contributed by atoms with Crippen LogP contribution in [-0.2, 0) is 6.18 Å². The molecule has 1 heterocycles. The van der Waals surface area contributed by atoms with Gasteiger partial charge in [-0.2, -0.15) is 13.2 Å². The van der Waals surface area contributed by atoms with Crippen LogP contribution in [0.3, 0.4) is 0 Å². The lowest BCUT2D eigenvalue weighted by molar-refractivity contribution is -0.137. The number of rotatable bonds is 3. The minimum absolute atomic E-state index is 0.249. The summed E-state index contributed by atoms with van der Waals surface area (Å²) >= 11 is 0. The lowest BCUT2D eigenvalue weighted by Crippen LogP contribution is -2.42. The van der Waals surface area contributed by atoms with Gasteiger partial charge >= 0.3 is 6.18 Å². The molecule has 0 radical (unpaired) electrons. The van der Waals surface area contributed by atoms with E-state index < -0.39 is 17.8 Å². The molecule has 1 N–H and O–H groups in total. The Morgan fingerprint density at radius 1 is 1.22 bits per heavy atom. The Labute approximate surface area is 155 Å². The summed E-state index contributed by atoms with van der Waals surface area (Å²) in [5.41, 5.74) is 0.303. The lowest BCUT2D eigenvalue weighted by Gasteiger charge is -2.30. The van der Waals surface area contributed by atoms with Gasteiger partial charge in [0.1, 0.15) is 5.75 Å². The molecular weight excluding hydrogens is 359 g/mol. The number of hydrogen-bond donors (Lipinski definition) is 1. The van der Waals surface area contributed by atoms with Crippen LogP contribution in [0.4, 0.5) is 13.2 Å². The first-order chi connectivity index (χ1) is 12.8. The smallest absolute Gasteiger partial charge is 0.416 e. The number of aliphatic hydroxyl groups excluding tert-OH is 1. The summed E-state index contributed by atoms with van der Waals surface area (Å²) in [6, 6.07) is 9.70. The molecule has 1 atom stereocenters. The van der Waals surface area contributed by atoms with Crippen molar-refractivity contribution in [3.63, 3.8) is 0 Å². The van der Waals surface area contributed by atoms with Gasteiger partial charge in [-0.05, 0) is 48.7 Å². The van der Waals surface area contributed by atoms with Crippen LogP contribution in [0.1, 0.15) is 28.8 Å². The number of alkyl halides is 3. The maximum atomic E-state index is 13.1. The van der Waals surface area contributed by atoms with Crippen LogP contribution in [0.5, 0.6) is 5.75 Å². The molecule has 2 aromatic rings. The third kappa shape index (κ3) is 4.24. The number of benzene rings is 2. The van der Waals surface area contributed by atoms with Crippen molar-refractivity contribution in [2.75, 3.05) is 20.2 Å². The largest absolute Gasteiger partial charge is 0.496 e. The van der Waals surface area contributed by atoms with E-state index in [9.17, 15) is 23.1 Å². The number of piperidine rings is 1. The summed E-state index contributed by atoms with van der Waals surface area (Å²) in [7, 11) is 1.39. The standard InChI is InChI=1S/C20H20F3NO3/c1-27-18-8-7-15(20(21,22)23)11-17(18)13-4-2-5-14(10-13)19(26)24-9-3-6-16(25)12-24/h2,4-5,7-8,10-11,16,25H,3,6,9,12H2,1H3/t16-/m1/s1. The second-order valence-electron chi connectivity index (χ2n) is 6.54. The molecule has 2 aromatic carbocycles. The van der Waals surface area contributed by atoms with Gasteiger partial charge in [0.15, 0.2) is 0 Å². The van der Waals surface area contributed by atoms with E-state index >= 15 is 0 Å². The molecule has 0 aliphatic carbocycles. The number of methoxy groups -OCH3 is 1. The Morgan fingerprint density at radius 2 is 2.00 bits per heavy atom. The summed E-state index contributed by atoms with van der Waals surface area (Å²) in [5, 5.41) is 9.77. The van der Waals surface area contributed by atoms with Crippen molar-refractivity contribution in [3.8, 4) is 16.9 Å². The molecule has 27 heavy (non-hydrogen) atoms. The summed E-state index contributed by atoms with van der Waals surface area (Å²) in [4.78, 5) is 14.3. The average Bonchev–Trinajstić information content (AvgIpc) is 2.66. The fourth-order valence-corrected chi connectivity index (χ4v) is 3.25. The zero-order valence-corrected chi connectivity index (χ0v) is 14.8. The van der Waals surface area contributed by atoms with Gasteiger partial charge in [-0.3, -0.25) is 4.79 Å². The molecule has 1 fully saturated rings. The van der Waals surface area contributed by atoms with Crippen molar-refractivity contribution >= 4 is 5.91 Å². The number of likely N-dealkylation sites (tertiary alicyclic amines) is 1. The summed E-state index contributed by atoms with van der Waals surface area (Å²) < 4.78 is 44.4. The van der Waals surface area contributed by atoms with E-state index in [1.165, 1.54) is 13.2 Å². The molecule has 3 rings (SSSR count). The van der Waals surface area contributed by atoms with Gasteiger partial charge in [-0.15, -0.1) is 0 Å². The van der Waals surface area contributed by atoms with Gasteiger partial charge in [0.05, 0.1) is 18.8 Å². The Hall–Kier alpha value is -2.54. The maximum Gasteiger partial charge on any atom is 0.416 e. The van der Waals surface area contributed by atoms with E-state index in [-0.39, 0.29) is 18.0 Å². The summed E-state index contributed by atoms with van der Waals surface area (Å²) in [5.74, 6) is 0.0440. The third-order valence-electron chi connectivity index (χ3n) is 4.63. The van der Waals surface area contributed by atoms with E-state index in [0.29, 0.717) is 36.3 Å². The fraction of sp³-hybridized carbons (Fsp3) is 0.350. The summed E-state index contributed by atoms with van der Waals surface area (Å²) in [6.45, 7) is 0.808. The molecule has 1 amide bonds. The van der Waals surface area contributed by atoms with E-state index in [4.69, 9.17) is 4.74 Å². The van der Waals surface area contributed by atoms with Crippen LogP contribution in [0.15, 0.2) is 42.5 Å². The molecule has 1 aliphatic rings. The van der Waals surface area contributed by atoms with Crippen LogP contribution < -0.4 is 4.74 Å². The zero-order chi connectivity index (χ0) is 19.6. The van der Waals surface area contributed by atoms with Crippen LogP contribution >= 0.6 is 0 Å². The minimum atomic E-state index is -4.47. The first-order valence-corrected chi connectivity index (χ1v) is 8.62. The highest BCUT2D eigenvalue weighted by atomic mass is 19.4. The number of amides is 1. The van der Waals surface area contributed by atoms with Crippen LogP contribution in [0.25, 0.3) is 11.1 Å². The Morgan fingerprint density at radius 3 is 2.67 bits per heavy atom. The van der Waals surface area contributed by atoms with E-state index in [1.54, 1.807) is 29.2 Å². The SMILES string of the molecule is COc1ccc(C(F)(F)F)cc1-c1cccc(C(=O)N2CCC[C@@H](O)C2)c1. The zero-order valence-electron chi connectivity index (χ0n) is 14.8. The molecule has 0 spiro atoms. The quantitative estimate of drug-likeness (QED) is 0.878. The molecule has 7 heteroatoms. The first-order valence-electron chi connectivity index (χ1n) is 8.62. The van der Waals surface area contributed by atoms with Crippen LogP contribution in [-0.4, -0.2) is 42.2 Å². The van der Waals surface area contributed by atoms with Crippen molar-refractivity contribution in [1.82, 2.24) is 4.90 Å². The van der Waals surface area contributed by atoms with Crippen LogP contribution in [0.2, 0.25) is 0 Å². The molecule has 0 bridgehead atoms. The number of aliphatic hydroxyl groups is 1. The highest BCUT2D eigenvalue weighted by molar-refractivity contribution is 5.95. The predicted octanol–water partition coefficient (Wildman–Crippen LogP) is 3.98. The Balaban J connectivity index is 1.97. The molecule has 1 saturated heterocycles. The number of nitrogens with zero attached hydrogens (tertiary/aromatic N) is 1. The monoisotopic (exact) mass is 379 g/mol. The third-order valence-corrected chi connectivity index (χ3v) is 4.63. The Kier molecular flexibility index (Phi) is 5.41. The van der Waals surface area contributed by atoms with Gasteiger partial charge < -0.3 is 14.7 Å². The van der Waals surface area contributed by atoms with E-state index in [2.05, 4.69) is 0 Å². The van der Waals surface area contributed by atoms with E-state index in [0.717, 1.165) is 12.1 Å². The average molecular weight is 379 g/mol. The van der Waals surface area contributed by atoms with Crippen molar-refractivity contribution in [1.29, 1.82) is 0 Å². The van der Waals surface area contributed by atoms with Gasteiger partial charge in [-0.1, -0.05) is 12.1 Å². The number of β-amino-alcohol motifs (C(OH)–C–C–N with tert-alkyl or cyclic N) is 1. The van der Waals surface area contributed by atoms with Gasteiger partial charge in [0.25, 0.3) is 5.91 Å². The van der Waals surface area contributed by atoms with Gasteiger partial charge in [0, 0.05) is 24.2 Å². The first kappa shape index (κ1) is 19.2. The second kappa shape index (κ2) is 7.60. The van der Waals surface area contributed by atoms with Crippen molar-refractivity contribution in [3.05, 3.63) is 53.6 Å². The number of halogens is 3. The van der Waals surface area contributed by atoms with Crippen molar-refractivity contribution in [2.45, 2.75) is 25.1 Å².